The summed E-state index contributed by atoms with van der Waals surface area (Å²) in [6.07, 6.45) is 2.19. The first-order valence-electron chi connectivity index (χ1n) is 5.67. The lowest BCUT2D eigenvalue weighted by Crippen LogP contribution is -2.18. The van der Waals surface area contributed by atoms with E-state index in [1.54, 1.807) is 16.8 Å². The molecule has 0 bridgehead atoms. The van der Waals surface area contributed by atoms with Crippen LogP contribution in [0, 0.1) is 0 Å². The van der Waals surface area contributed by atoms with Crippen LogP contribution in [-0.2, 0) is 10.2 Å². The van der Waals surface area contributed by atoms with Crippen molar-refractivity contribution < 1.29 is 9.90 Å². The van der Waals surface area contributed by atoms with Gasteiger partial charge in [0.1, 0.15) is 0 Å². The number of aliphatic carboxylic acids is 1. The lowest BCUT2D eigenvalue weighted by atomic mass is 9.89. The van der Waals surface area contributed by atoms with Crippen molar-refractivity contribution in [1.82, 2.24) is 14.6 Å². The third-order valence-corrected chi connectivity index (χ3v) is 3.70. The molecule has 18 heavy (non-hydrogen) atoms. The molecular weight excluding hydrogens is 254 g/mol. The van der Waals surface area contributed by atoms with Crippen molar-refractivity contribution >= 4 is 23.2 Å². The summed E-state index contributed by atoms with van der Waals surface area (Å²) in [5.74, 6) is -1.34. The Labute approximate surface area is 108 Å². The highest BCUT2D eigenvalue weighted by molar-refractivity contribution is 6.29. The van der Waals surface area contributed by atoms with E-state index < -0.39 is 11.9 Å². The van der Waals surface area contributed by atoms with Crippen LogP contribution in [-0.4, -0.2) is 25.7 Å². The van der Waals surface area contributed by atoms with E-state index in [-0.39, 0.29) is 5.41 Å². The van der Waals surface area contributed by atoms with Crippen LogP contribution >= 0.6 is 11.6 Å². The Morgan fingerprint density at radius 1 is 1.61 bits per heavy atom. The molecule has 1 N–H and O–H groups in total. The average molecular weight is 266 g/mol. The van der Waals surface area contributed by atoms with Gasteiger partial charge in [-0.25, -0.2) is 9.50 Å². The van der Waals surface area contributed by atoms with Gasteiger partial charge in [0.15, 0.2) is 10.8 Å². The minimum absolute atomic E-state index is 0.255. The van der Waals surface area contributed by atoms with Crippen LogP contribution in [0.15, 0.2) is 12.3 Å². The van der Waals surface area contributed by atoms with Crippen molar-refractivity contribution in [3.63, 3.8) is 0 Å². The molecular formula is C12H12ClN3O2. The van der Waals surface area contributed by atoms with Gasteiger partial charge in [-0.15, -0.1) is 0 Å². The number of rotatable bonds is 1. The van der Waals surface area contributed by atoms with Gasteiger partial charge in [-0.2, -0.15) is 5.10 Å². The zero-order valence-corrected chi connectivity index (χ0v) is 10.8. The molecule has 2 aromatic rings. The normalized spacial score (nSPS) is 21.2. The molecule has 6 heteroatoms. The first-order valence-corrected chi connectivity index (χ1v) is 6.05. The minimum Gasteiger partial charge on any atom is -0.481 e. The Kier molecular flexibility index (Phi) is 2.20. The Morgan fingerprint density at radius 3 is 3.00 bits per heavy atom. The standard InChI is InChI=1S/C12H12ClN3O2/c1-12(2)4-6(11(17)18)7-5-14-9-3-8(13)15-16(9)10(7)12/h3,5-6H,4H2,1-2H3,(H,17,18). The molecule has 0 saturated carbocycles. The third-order valence-electron chi connectivity index (χ3n) is 3.51. The van der Waals surface area contributed by atoms with E-state index >= 15 is 0 Å². The lowest BCUT2D eigenvalue weighted by Gasteiger charge is -2.19. The van der Waals surface area contributed by atoms with Crippen LogP contribution in [0.2, 0.25) is 5.15 Å². The first kappa shape index (κ1) is 11.5. The number of halogens is 1. The van der Waals surface area contributed by atoms with E-state index in [0.717, 1.165) is 11.3 Å². The van der Waals surface area contributed by atoms with E-state index in [4.69, 9.17) is 11.6 Å². The SMILES string of the molecule is CC1(C)CC(C(=O)O)c2cnc3cc(Cl)nn3c21. The molecule has 0 aliphatic heterocycles. The number of hydrogen-bond acceptors (Lipinski definition) is 3. The van der Waals surface area contributed by atoms with Crippen molar-refractivity contribution in [2.75, 3.05) is 0 Å². The van der Waals surface area contributed by atoms with Gasteiger partial charge in [0.2, 0.25) is 0 Å². The summed E-state index contributed by atoms with van der Waals surface area (Å²) in [5.41, 5.74) is 2.03. The highest BCUT2D eigenvalue weighted by Crippen LogP contribution is 2.45. The van der Waals surface area contributed by atoms with E-state index in [0.29, 0.717) is 17.2 Å². The van der Waals surface area contributed by atoms with E-state index in [2.05, 4.69) is 10.1 Å². The smallest absolute Gasteiger partial charge is 0.311 e. The Hall–Kier alpha value is -1.62. The zero-order chi connectivity index (χ0) is 13.1. The number of nitrogens with zero attached hydrogens (tertiary/aromatic N) is 3. The average Bonchev–Trinajstić information content (AvgIpc) is 2.75. The molecule has 0 radical (unpaired) electrons. The predicted molar refractivity (Wildman–Crippen MR) is 66.0 cm³/mol. The first-order chi connectivity index (χ1) is 8.40. The van der Waals surface area contributed by atoms with Crippen molar-refractivity contribution in [2.45, 2.75) is 31.6 Å². The summed E-state index contributed by atoms with van der Waals surface area (Å²) in [7, 11) is 0. The molecule has 1 atom stereocenters. The number of carbonyl (C=O) groups is 1. The van der Waals surface area contributed by atoms with E-state index in [1.807, 2.05) is 13.8 Å². The lowest BCUT2D eigenvalue weighted by molar-refractivity contribution is -0.139. The predicted octanol–water partition coefficient (Wildman–Crippen LogP) is 2.23. The maximum absolute atomic E-state index is 11.3. The van der Waals surface area contributed by atoms with Crippen LogP contribution in [0.5, 0.6) is 0 Å². The molecule has 5 nitrogen and oxygen atoms in total. The van der Waals surface area contributed by atoms with Gasteiger partial charge in [0, 0.05) is 23.2 Å². The molecule has 94 valence electrons. The molecule has 1 unspecified atom stereocenters. The monoisotopic (exact) mass is 265 g/mol. The van der Waals surface area contributed by atoms with Gasteiger partial charge < -0.3 is 5.11 Å². The summed E-state index contributed by atoms with van der Waals surface area (Å²) in [6.45, 7) is 4.04. The Balaban J connectivity index is 2.35. The molecule has 0 spiro atoms. The minimum atomic E-state index is -0.818. The fourth-order valence-electron chi connectivity index (χ4n) is 2.79. The van der Waals surface area contributed by atoms with Gasteiger partial charge in [-0.3, -0.25) is 4.79 Å². The summed E-state index contributed by atoms with van der Waals surface area (Å²) in [4.78, 5) is 15.5. The number of fused-ring (bicyclic) bond motifs is 3. The highest BCUT2D eigenvalue weighted by atomic mass is 35.5. The molecule has 1 aliphatic carbocycles. The fraction of sp³-hybridized carbons (Fsp3) is 0.417. The molecule has 3 rings (SSSR count). The van der Waals surface area contributed by atoms with Gasteiger partial charge in [0.05, 0.1) is 11.6 Å². The topological polar surface area (TPSA) is 67.5 Å². The van der Waals surface area contributed by atoms with Gasteiger partial charge in [-0.1, -0.05) is 25.4 Å². The van der Waals surface area contributed by atoms with Crippen molar-refractivity contribution in [3.05, 3.63) is 28.7 Å². The van der Waals surface area contributed by atoms with Crippen molar-refractivity contribution in [2.24, 2.45) is 0 Å². The van der Waals surface area contributed by atoms with Crippen LogP contribution in [0.1, 0.15) is 37.4 Å². The molecule has 2 heterocycles. The zero-order valence-electron chi connectivity index (χ0n) is 10.0. The molecule has 0 fully saturated rings. The second kappa shape index (κ2) is 3.45. The summed E-state index contributed by atoms with van der Waals surface area (Å²) in [5, 5.41) is 13.9. The molecule has 1 aliphatic rings. The number of carboxylic acid groups (broad SMARTS) is 1. The van der Waals surface area contributed by atoms with Crippen molar-refractivity contribution in [3.8, 4) is 0 Å². The summed E-state index contributed by atoms with van der Waals surface area (Å²) in [6, 6.07) is 1.67. The Bertz CT molecular complexity index is 663. The van der Waals surface area contributed by atoms with Crippen LogP contribution < -0.4 is 0 Å². The molecule has 0 amide bonds. The van der Waals surface area contributed by atoms with Crippen molar-refractivity contribution in [1.29, 1.82) is 0 Å². The third kappa shape index (κ3) is 1.43. The summed E-state index contributed by atoms with van der Waals surface area (Å²) >= 11 is 5.89. The summed E-state index contributed by atoms with van der Waals surface area (Å²) < 4.78 is 1.67. The van der Waals surface area contributed by atoms with Crippen LogP contribution in [0.4, 0.5) is 0 Å². The van der Waals surface area contributed by atoms with Gasteiger partial charge >= 0.3 is 5.97 Å². The quantitative estimate of drug-likeness (QED) is 0.859. The molecule has 2 aromatic heterocycles. The van der Waals surface area contributed by atoms with Gasteiger partial charge in [-0.05, 0) is 6.42 Å². The van der Waals surface area contributed by atoms with Crippen LogP contribution in [0.25, 0.3) is 5.65 Å². The van der Waals surface area contributed by atoms with E-state index in [1.165, 1.54) is 0 Å². The maximum atomic E-state index is 11.3. The highest BCUT2D eigenvalue weighted by Gasteiger charge is 2.43. The molecule has 0 aromatic carbocycles. The second-order valence-corrected chi connectivity index (χ2v) is 5.67. The largest absolute Gasteiger partial charge is 0.481 e. The van der Waals surface area contributed by atoms with Crippen LogP contribution in [0.3, 0.4) is 0 Å². The second-order valence-electron chi connectivity index (χ2n) is 5.28. The number of aromatic nitrogens is 3. The number of hydrogen-bond donors (Lipinski definition) is 1. The number of carboxylic acids is 1. The maximum Gasteiger partial charge on any atom is 0.311 e. The molecule has 0 saturated heterocycles. The Morgan fingerprint density at radius 2 is 2.33 bits per heavy atom. The fourth-order valence-corrected chi connectivity index (χ4v) is 2.96. The van der Waals surface area contributed by atoms with Gasteiger partial charge in [0.25, 0.3) is 0 Å². The van der Waals surface area contributed by atoms with E-state index in [9.17, 15) is 9.90 Å².